The van der Waals surface area contributed by atoms with E-state index < -0.39 is 10.0 Å². The van der Waals surface area contributed by atoms with E-state index >= 15 is 0 Å². The minimum absolute atomic E-state index is 0.0159. The van der Waals surface area contributed by atoms with Crippen molar-refractivity contribution in [2.24, 2.45) is 0 Å². The average Bonchev–Trinajstić information content (AvgIpc) is 3.46. The Labute approximate surface area is 169 Å². The molecule has 0 heterocycles. The van der Waals surface area contributed by atoms with Crippen molar-refractivity contribution >= 4 is 27.7 Å². The Morgan fingerprint density at radius 3 is 2.57 bits per heavy atom. The van der Waals surface area contributed by atoms with Crippen LogP contribution in [0.4, 0.5) is 4.39 Å². The smallest absolute Gasteiger partial charge is 0.251 e. The molecule has 1 amide bonds. The molecule has 0 saturated heterocycles. The summed E-state index contributed by atoms with van der Waals surface area (Å²) >= 11 is 1.59. The van der Waals surface area contributed by atoms with Crippen LogP contribution in [0.3, 0.4) is 0 Å². The van der Waals surface area contributed by atoms with E-state index in [9.17, 15) is 17.6 Å². The maximum absolute atomic E-state index is 12.9. The normalized spacial score (nSPS) is 14.1. The van der Waals surface area contributed by atoms with Crippen LogP contribution in [0.2, 0.25) is 0 Å². The number of rotatable bonds is 9. The molecular weight excluding hydrogens is 399 g/mol. The lowest BCUT2D eigenvalue weighted by Gasteiger charge is -2.11. The van der Waals surface area contributed by atoms with Gasteiger partial charge in [0.15, 0.2) is 0 Å². The molecule has 1 saturated carbocycles. The SMILES string of the molecule is Cc1ccc(S(=O)(=O)NC2CC2)cc1C(=O)NCCCSc1ccc(F)cc1. The summed E-state index contributed by atoms with van der Waals surface area (Å²) in [6.07, 6.45) is 2.46. The molecule has 0 unspecified atom stereocenters. The van der Waals surface area contributed by atoms with E-state index in [0.29, 0.717) is 12.1 Å². The van der Waals surface area contributed by atoms with Gasteiger partial charge in [-0.15, -0.1) is 11.8 Å². The quantitative estimate of drug-likeness (QED) is 0.479. The highest BCUT2D eigenvalue weighted by Gasteiger charge is 2.28. The van der Waals surface area contributed by atoms with Crippen molar-refractivity contribution in [3.8, 4) is 0 Å². The highest BCUT2D eigenvalue weighted by molar-refractivity contribution is 7.99. The van der Waals surface area contributed by atoms with Gasteiger partial charge in [0.1, 0.15) is 5.82 Å². The number of thioether (sulfide) groups is 1. The van der Waals surface area contributed by atoms with Crippen LogP contribution in [0.15, 0.2) is 52.3 Å². The predicted octanol–water partition coefficient (Wildman–Crippen LogP) is 3.49. The van der Waals surface area contributed by atoms with E-state index in [1.54, 1.807) is 36.9 Å². The third kappa shape index (κ3) is 5.80. The van der Waals surface area contributed by atoms with Crippen LogP contribution in [-0.4, -0.2) is 32.7 Å². The number of hydrogen-bond acceptors (Lipinski definition) is 4. The predicted molar refractivity (Wildman–Crippen MR) is 109 cm³/mol. The van der Waals surface area contributed by atoms with Crippen molar-refractivity contribution in [2.75, 3.05) is 12.3 Å². The van der Waals surface area contributed by atoms with Gasteiger partial charge in [-0.3, -0.25) is 4.79 Å². The molecule has 0 radical (unpaired) electrons. The molecule has 8 heteroatoms. The first-order chi connectivity index (χ1) is 13.3. The van der Waals surface area contributed by atoms with E-state index in [4.69, 9.17) is 0 Å². The van der Waals surface area contributed by atoms with Gasteiger partial charge in [-0.05, 0) is 73.9 Å². The molecule has 1 fully saturated rings. The van der Waals surface area contributed by atoms with Gasteiger partial charge in [0.2, 0.25) is 10.0 Å². The molecule has 0 aromatic heterocycles. The van der Waals surface area contributed by atoms with E-state index in [0.717, 1.165) is 35.5 Å². The van der Waals surface area contributed by atoms with Gasteiger partial charge in [-0.25, -0.2) is 17.5 Å². The van der Waals surface area contributed by atoms with Crippen molar-refractivity contribution in [1.82, 2.24) is 10.0 Å². The Morgan fingerprint density at radius 1 is 1.18 bits per heavy atom. The second-order valence-electron chi connectivity index (χ2n) is 6.78. The monoisotopic (exact) mass is 422 g/mol. The van der Waals surface area contributed by atoms with Crippen LogP contribution >= 0.6 is 11.8 Å². The van der Waals surface area contributed by atoms with Gasteiger partial charge < -0.3 is 5.32 Å². The first kappa shape index (κ1) is 20.8. The summed E-state index contributed by atoms with van der Waals surface area (Å²) in [6.45, 7) is 2.26. The molecule has 1 aliphatic rings. The number of halogens is 1. The summed E-state index contributed by atoms with van der Waals surface area (Å²) in [5.41, 5.74) is 1.09. The van der Waals surface area contributed by atoms with Crippen LogP contribution in [0.25, 0.3) is 0 Å². The van der Waals surface area contributed by atoms with Crippen molar-refractivity contribution in [3.05, 3.63) is 59.4 Å². The summed E-state index contributed by atoms with van der Waals surface area (Å²) in [6, 6.07) is 10.9. The second-order valence-corrected chi connectivity index (χ2v) is 9.67. The van der Waals surface area contributed by atoms with Gasteiger partial charge in [0, 0.05) is 23.0 Å². The van der Waals surface area contributed by atoms with Crippen LogP contribution in [0.1, 0.15) is 35.2 Å². The number of amides is 1. The zero-order valence-corrected chi connectivity index (χ0v) is 17.2. The van der Waals surface area contributed by atoms with Crippen molar-refractivity contribution in [3.63, 3.8) is 0 Å². The molecule has 2 aromatic rings. The molecule has 2 aromatic carbocycles. The van der Waals surface area contributed by atoms with E-state index in [1.165, 1.54) is 24.3 Å². The Balaban J connectivity index is 1.52. The summed E-state index contributed by atoms with van der Waals surface area (Å²) in [5, 5.41) is 2.84. The standard InChI is InChI=1S/C20H23FN2O3S2/c1-14-3-10-18(28(25,26)23-16-6-7-16)13-19(14)20(24)22-11-2-12-27-17-8-4-15(21)5-9-17/h3-5,8-10,13,16,23H,2,6-7,11-12H2,1H3,(H,22,24). The molecule has 1 aliphatic carbocycles. The highest BCUT2D eigenvalue weighted by Crippen LogP contribution is 2.23. The lowest BCUT2D eigenvalue weighted by Crippen LogP contribution is -2.28. The molecule has 2 N–H and O–H groups in total. The summed E-state index contributed by atoms with van der Waals surface area (Å²) in [4.78, 5) is 13.6. The van der Waals surface area contributed by atoms with Crippen molar-refractivity contribution < 1.29 is 17.6 Å². The molecule has 0 aliphatic heterocycles. The Morgan fingerprint density at radius 2 is 1.89 bits per heavy atom. The van der Waals surface area contributed by atoms with E-state index in [2.05, 4.69) is 10.0 Å². The Hall–Kier alpha value is -1.90. The molecule has 0 bridgehead atoms. The molecule has 3 rings (SSSR count). The molecule has 5 nitrogen and oxygen atoms in total. The largest absolute Gasteiger partial charge is 0.352 e. The zero-order valence-electron chi connectivity index (χ0n) is 15.6. The summed E-state index contributed by atoms with van der Waals surface area (Å²) < 4.78 is 40.2. The van der Waals surface area contributed by atoms with Gasteiger partial charge in [0.05, 0.1) is 4.90 Å². The van der Waals surface area contributed by atoms with Crippen LogP contribution in [0, 0.1) is 12.7 Å². The third-order valence-electron chi connectivity index (χ3n) is 4.35. The fraction of sp³-hybridized carbons (Fsp3) is 0.350. The number of nitrogens with one attached hydrogen (secondary N) is 2. The maximum atomic E-state index is 12.9. The molecular formula is C20H23FN2O3S2. The highest BCUT2D eigenvalue weighted by atomic mass is 32.2. The second kappa shape index (κ2) is 9.07. The summed E-state index contributed by atoms with van der Waals surface area (Å²) in [5.74, 6) is 0.237. The van der Waals surface area contributed by atoms with Crippen LogP contribution in [-0.2, 0) is 10.0 Å². The number of carbonyl (C=O) groups excluding carboxylic acids is 1. The van der Waals surface area contributed by atoms with Gasteiger partial charge >= 0.3 is 0 Å². The van der Waals surface area contributed by atoms with Gasteiger partial charge in [0.25, 0.3) is 5.91 Å². The maximum Gasteiger partial charge on any atom is 0.251 e. The van der Waals surface area contributed by atoms with Crippen LogP contribution < -0.4 is 10.0 Å². The van der Waals surface area contributed by atoms with Gasteiger partial charge in [-0.1, -0.05) is 6.07 Å². The zero-order chi connectivity index (χ0) is 20.1. The lowest BCUT2D eigenvalue weighted by molar-refractivity contribution is 0.0953. The Kier molecular flexibility index (Phi) is 6.74. The lowest BCUT2D eigenvalue weighted by atomic mass is 10.1. The number of sulfonamides is 1. The van der Waals surface area contributed by atoms with E-state index in [1.807, 2.05) is 0 Å². The van der Waals surface area contributed by atoms with Crippen molar-refractivity contribution in [2.45, 2.75) is 42.0 Å². The number of benzene rings is 2. The Bertz CT molecular complexity index is 942. The average molecular weight is 423 g/mol. The van der Waals surface area contributed by atoms with Crippen molar-refractivity contribution in [1.29, 1.82) is 0 Å². The fourth-order valence-electron chi connectivity index (χ4n) is 2.59. The molecule has 0 atom stereocenters. The molecule has 0 spiro atoms. The van der Waals surface area contributed by atoms with Crippen LogP contribution in [0.5, 0.6) is 0 Å². The summed E-state index contributed by atoms with van der Waals surface area (Å²) in [7, 11) is -3.59. The minimum atomic E-state index is -3.59. The molecule has 150 valence electrons. The number of aryl methyl sites for hydroxylation is 1. The first-order valence-electron chi connectivity index (χ1n) is 9.15. The van der Waals surface area contributed by atoms with E-state index in [-0.39, 0.29) is 22.7 Å². The van der Waals surface area contributed by atoms with Gasteiger partial charge in [-0.2, -0.15) is 0 Å². The first-order valence-corrected chi connectivity index (χ1v) is 11.6. The topological polar surface area (TPSA) is 75.3 Å². The fourth-order valence-corrected chi connectivity index (χ4v) is 4.78. The third-order valence-corrected chi connectivity index (χ3v) is 6.97. The number of hydrogen-bond donors (Lipinski definition) is 2. The number of carbonyl (C=O) groups is 1. The minimum Gasteiger partial charge on any atom is -0.352 e. The molecule has 28 heavy (non-hydrogen) atoms.